The minimum Gasteiger partial charge on any atom is -0.439 e. The quantitative estimate of drug-likeness (QED) is 0.845. The molecule has 1 aromatic carbocycles. The normalized spacial score (nSPS) is 18.8. The van der Waals surface area contributed by atoms with Crippen LogP contribution in [0, 0.1) is 0 Å². The highest BCUT2D eigenvalue weighted by molar-refractivity contribution is 5.94. The van der Waals surface area contributed by atoms with E-state index in [1.54, 1.807) is 12.3 Å². The van der Waals surface area contributed by atoms with Crippen molar-refractivity contribution in [3.05, 3.63) is 54.2 Å². The van der Waals surface area contributed by atoms with Gasteiger partial charge in [-0.2, -0.15) is 0 Å². The predicted octanol–water partition coefficient (Wildman–Crippen LogP) is 3.57. The van der Waals surface area contributed by atoms with Gasteiger partial charge in [0.2, 0.25) is 5.88 Å². The van der Waals surface area contributed by atoms with Crippen LogP contribution in [0.1, 0.15) is 36.0 Å². The van der Waals surface area contributed by atoms with E-state index in [4.69, 9.17) is 4.74 Å². The number of rotatable bonds is 4. The second-order valence-electron chi connectivity index (χ2n) is 7.07. The zero-order valence-corrected chi connectivity index (χ0v) is 15.0. The fourth-order valence-electron chi connectivity index (χ4n) is 3.62. The van der Waals surface area contributed by atoms with E-state index in [0.29, 0.717) is 11.4 Å². The molecule has 1 aliphatic carbocycles. The molecule has 5 heteroatoms. The summed E-state index contributed by atoms with van der Waals surface area (Å²) >= 11 is 0. The highest BCUT2D eigenvalue weighted by Crippen LogP contribution is 2.26. The molecule has 1 saturated heterocycles. The Morgan fingerprint density at radius 1 is 0.962 bits per heavy atom. The van der Waals surface area contributed by atoms with Gasteiger partial charge in [-0.1, -0.05) is 24.6 Å². The molecule has 2 fully saturated rings. The maximum absolute atomic E-state index is 12.8. The first kappa shape index (κ1) is 17.0. The average Bonchev–Trinajstić information content (AvgIpc) is 2.87. The molecule has 0 spiro atoms. The smallest absolute Gasteiger partial charge is 0.255 e. The minimum atomic E-state index is 0.0687. The van der Waals surface area contributed by atoms with Crippen LogP contribution in [-0.2, 0) is 0 Å². The number of hydrogen-bond donors (Lipinski definition) is 0. The van der Waals surface area contributed by atoms with Crippen molar-refractivity contribution in [2.45, 2.75) is 31.7 Å². The van der Waals surface area contributed by atoms with Crippen molar-refractivity contribution in [1.29, 1.82) is 0 Å². The van der Waals surface area contributed by atoms with Gasteiger partial charge in [0.1, 0.15) is 5.75 Å². The molecule has 0 radical (unpaired) electrons. The Morgan fingerprint density at radius 3 is 2.50 bits per heavy atom. The molecule has 136 valence electrons. The number of aromatic nitrogens is 1. The molecule has 2 aromatic rings. The number of amides is 1. The molecule has 0 atom stereocenters. The molecule has 2 heterocycles. The van der Waals surface area contributed by atoms with Crippen molar-refractivity contribution in [2.75, 3.05) is 26.2 Å². The molecule has 0 unspecified atom stereocenters. The lowest BCUT2D eigenvalue weighted by Gasteiger charge is -2.36. The van der Waals surface area contributed by atoms with Crippen molar-refractivity contribution in [3.63, 3.8) is 0 Å². The van der Waals surface area contributed by atoms with Crippen molar-refractivity contribution in [1.82, 2.24) is 14.8 Å². The fourth-order valence-corrected chi connectivity index (χ4v) is 3.62. The summed E-state index contributed by atoms with van der Waals surface area (Å²) in [5.41, 5.74) is 0.627. The summed E-state index contributed by atoms with van der Waals surface area (Å²) in [6.45, 7) is 3.72. The molecule has 1 saturated carbocycles. The molecule has 1 aliphatic heterocycles. The zero-order valence-electron chi connectivity index (χ0n) is 15.0. The maximum atomic E-state index is 12.8. The van der Waals surface area contributed by atoms with Gasteiger partial charge in [-0.15, -0.1) is 0 Å². The van der Waals surface area contributed by atoms with Gasteiger partial charge in [0.15, 0.2) is 0 Å². The third kappa shape index (κ3) is 3.88. The third-order valence-electron chi connectivity index (χ3n) is 5.36. The van der Waals surface area contributed by atoms with Crippen LogP contribution >= 0.6 is 0 Å². The molecule has 26 heavy (non-hydrogen) atoms. The van der Waals surface area contributed by atoms with Crippen LogP contribution in [0.25, 0.3) is 0 Å². The molecule has 5 nitrogen and oxygen atoms in total. The van der Waals surface area contributed by atoms with Crippen LogP contribution in [0.15, 0.2) is 48.7 Å². The van der Waals surface area contributed by atoms with Gasteiger partial charge in [-0.25, -0.2) is 4.98 Å². The van der Waals surface area contributed by atoms with E-state index in [-0.39, 0.29) is 5.91 Å². The zero-order chi connectivity index (χ0) is 17.8. The summed E-state index contributed by atoms with van der Waals surface area (Å²) in [6, 6.07) is 13.9. The van der Waals surface area contributed by atoms with Gasteiger partial charge < -0.3 is 9.64 Å². The minimum absolute atomic E-state index is 0.0687. The number of carbonyl (C=O) groups is 1. The van der Waals surface area contributed by atoms with Crippen molar-refractivity contribution in [3.8, 4) is 11.6 Å². The van der Waals surface area contributed by atoms with E-state index >= 15 is 0 Å². The molecule has 0 bridgehead atoms. The Morgan fingerprint density at radius 2 is 1.81 bits per heavy atom. The molecule has 2 aliphatic rings. The molecule has 0 N–H and O–H groups in total. The average molecular weight is 351 g/mol. The van der Waals surface area contributed by atoms with Crippen LogP contribution in [-0.4, -0.2) is 52.9 Å². The number of para-hydroxylation sites is 1. The molecule has 1 amide bonds. The summed E-state index contributed by atoms with van der Waals surface area (Å²) in [6.07, 6.45) is 6.66. The number of ether oxygens (including phenoxy) is 1. The number of benzene rings is 1. The first-order valence-electron chi connectivity index (χ1n) is 9.52. The van der Waals surface area contributed by atoms with Crippen molar-refractivity contribution < 1.29 is 9.53 Å². The monoisotopic (exact) mass is 351 g/mol. The largest absolute Gasteiger partial charge is 0.439 e. The Hall–Kier alpha value is -2.40. The molecular weight excluding hydrogens is 326 g/mol. The fraction of sp³-hybridized carbons (Fsp3) is 0.429. The Kier molecular flexibility index (Phi) is 5.16. The molecule has 4 rings (SSSR count). The van der Waals surface area contributed by atoms with E-state index in [1.165, 1.54) is 19.3 Å². The summed E-state index contributed by atoms with van der Waals surface area (Å²) < 4.78 is 5.70. The van der Waals surface area contributed by atoms with Gasteiger partial charge in [-0.3, -0.25) is 9.69 Å². The van der Waals surface area contributed by atoms with E-state index < -0.39 is 0 Å². The Balaban J connectivity index is 1.36. The van der Waals surface area contributed by atoms with Gasteiger partial charge >= 0.3 is 0 Å². The van der Waals surface area contributed by atoms with Gasteiger partial charge in [0.25, 0.3) is 5.91 Å². The Bertz CT molecular complexity index is 729. The van der Waals surface area contributed by atoms with Crippen LogP contribution < -0.4 is 4.74 Å². The maximum Gasteiger partial charge on any atom is 0.255 e. The van der Waals surface area contributed by atoms with Gasteiger partial charge in [0.05, 0.1) is 5.56 Å². The van der Waals surface area contributed by atoms with Crippen LogP contribution in [0.2, 0.25) is 0 Å². The van der Waals surface area contributed by atoms with Gasteiger partial charge in [0, 0.05) is 44.5 Å². The number of carbonyl (C=O) groups excluding carboxylic acids is 1. The standard InChI is InChI=1S/C21H25N3O2/c25-21(24-13-5-12-23(14-15-24)18-6-4-7-18)17-10-11-20(22-16-17)26-19-8-2-1-3-9-19/h1-3,8-11,16,18H,4-7,12-15H2. The number of pyridine rings is 1. The van der Waals surface area contributed by atoms with Crippen molar-refractivity contribution in [2.24, 2.45) is 0 Å². The van der Waals surface area contributed by atoms with E-state index in [1.807, 2.05) is 41.3 Å². The summed E-state index contributed by atoms with van der Waals surface area (Å²) in [5, 5.41) is 0. The number of hydrogen-bond acceptors (Lipinski definition) is 4. The van der Waals surface area contributed by atoms with Crippen LogP contribution in [0.4, 0.5) is 0 Å². The van der Waals surface area contributed by atoms with Crippen LogP contribution in [0.3, 0.4) is 0 Å². The molecule has 1 aromatic heterocycles. The lowest BCUT2D eigenvalue weighted by Crippen LogP contribution is -2.42. The summed E-state index contributed by atoms with van der Waals surface area (Å²) in [7, 11) is 0. The summed E-state index contributed by atoms with van der Waals surface area (Å²) in [5.74, 6) is 1.31. The second-order valence-corrected chi connectivity index (χ2v) is 7.07. The first-order chi connectivity index (χ1) is 12.8. The third-order valence-corrected chi connectivity index (χ3v) is 5.36. The summed E-state index contributed by atoms with van der Waals surface area (Å²) in [4.78, 5) is 21.6. The SMILES string of the molecule is O=C(c1ccc(Oc2ccccc2)nc1)N1CCCN(C2CCC2)CC1. The number of nitrogens with zero attached hydrogens (tertiary/aromatic N) is 3. The topological polar surface area (TPSA) is 45.7 Å². The first-order valence-corrected chi connectivity index (χ1v) is 9.52. The highest BCUT2D eigenvalue weighted by atomic mass is 16.5. The van der Waals surface area contributed by atoms with E-state index in [9.17, 15) is 4.79 Å². The van der Waals surface area contributed by atoms with Gasteiger partial charge in [-0.05, 0) is 37.5 Å². The van der Waals surface area contributed by atoms with Crippen molar-refractivity contribution >= 4 is 5.91 Å². The highest BCUT2D eigenvalue weighted by Gasteiger charge is 2.28. The lowest BCUT2D eigenvalue weighted by molar-refractivity contribution is 0.0749. The Labute approximate surface area is 154 Å². The van der Waals surface area contributed by atoms with Crippen LogP contribution in [0.5, 0.6) is 11.6 Å². The second kappa shape index (κ2) is 7.87. The van der Waals surface area contributed by atoms with E-state index in [2.05, 4.69) is 9.88 Å². The predicted molar refractivity (Wildman–Crippen MR) is 100 cm³/mol. The lowest BCUT2D eigenvalue weighted by atomic mass is 9.91. The van der Waals surface area contributed by atoms with E-state index in [0.717, 1.165) is 44.4 Å². The molecular formula is C21H25N3O2.